The molecule has 2 heterocycles. The van der Waals surface area contributed by atoms with Crippen molar-refractivity contribution in [3.63, 3.8) is 0 Å². The minimum Gasteiger partial charge on any atom is -0.292 e. The van der Waals surface area contributed by atoms with E-state index < -0.39 is 0 Å². The van der Waals surface area contributed by atoms with Crippen LogP contribution in [0, 0.1) is 25.2 Å². The lowest BCUT2D eigenvalue weighted by Crippen LogP contribution is -1.96. The Hall–Kier alpha value is -2.12. The Kier molecular flexibility index (Phi) is 3.76. The fourth-order valence-electron chi connectivity index (χ4n) is 2.92. The van der Waals surface area contributed by atoms with Gasteiger partial charge in [-0.1, -0.05) is 22.9 Å². The summed E-state index contributed by atoms with van der Waals surface area (Å²) < 4.78 is 2.94. The molecule has 3 nitrogen and oxygen atoms in total. The summed E-state index contributed by atoms with van der Waals surface area (Å²) in [5, 5.41) is 9.40. The molecule has 0 N–H and O–H groups in total. The molecule has 3 aromatic rings. The van der Waals surface area contributed by atoms with Crippen molar-refractivity contribution in [1.82, 2.24) is 9.38 Å². The number of aromatic nitrogens is 2. The fraction of sp³-hybridized carbons (Fsp3) is 0.222. The molecule has 110 valence electrons. The van der Waals surface area contributed by atoms with Crippen LogP contribution in [-0.2, 0) is 6.42 Å². The third-order valence-corrected chi connectivity index (χ3v) is 4.38. The average molecular weight is 354 g/mol. The van der Waals surface area contributed by atoms with Crippen molar-refractivity contribution in [2.24, 2.45) is 0 Å². The van der Waals surface area contributed by atoms with Gasteiger partial charge in [0.2, 0.25) is 0 Å². The number of hydrogen-bond acceptors (Lipinski definition) is 2. The summed E-state index contributed by atoms with van der Waals surface area (Å²) >= 11 is 3.54. The highest BCUT2D eigenvalue weighted by Gasteiger charge is 2.16. The monoisotopic (exact) mass is 353 g/mol. The normalized spacial score (nSPS) is 10.9. The number of nitriles is 1. The van der Waals surface area contributed by atoms with Gasteiger partial charge in [-0.15, -0.1) is 0 Å². The first kappa shape index (κ1) is 14.8. The topological polar surface area (TPSA) is 41.1 Å². The minimum absolute atomic E-state index is 0.613. The van der Waals surface area contributed by atoms with Crippen LogP contribution in [0.15, 0.2) is 34.9 Å². The summed E-state index contributed by atoms with van der Waals surface area (Å²) in [5.41, 5.74) is 7.02. The van der Waals surface area contributed by atoms with Gasteiger partial charge in [-0.2, -0.15) is 5.26 Å². The fourth-order valence-corrected chi connectivity index (χ4v) is 3.60. The van der Waals surface area contributed by atoms with Crippen molar-refractivity contribution >= 4 is 21.6 Å². The first-order valence-electron chi connectivity index (χ1n) is 7.23. The van der Waals surface area contributed by atoms with Crippen molar-refractivity contribution in [3.8, 4) is 17.2 Å². The zero-order valence-electron chi connectivity index (χ0n) is 12.8. The van der Waals surface area contributed by atoms with E-state index in [0.717, 1.165) is 33.4 Å². The summed E-state index contributed by atoms with van der Waals surface area (Å²) in [6, 6.07) is 10.4. The average Bonchev–Trinajstić information content (AvgIpc) is 2.84. The minimum atomic E-state index is 0.613. The molecule has 2 aromatic heterocycles. The summed E-state index contributed by atoms with van der Waals surface area (Å²) in [6.07, 6.45) is 2.81. The van der Waals surface area contributed by atoms with Gasteiger partial charge in [-0.3, -0.25) is 4.40 Å². The van der Waals surface area contributed by atoms with Crippen LogP contribution in [0.1, 0.15) is 29.4 Å². The van der Waals surface area contributed by atoms with Crippen molar-refractivity contribution < 1.29 is 0 Å². The Morgan fingerprint density at radius 2 is 1.91 bits per heavy atom. The maximum absolute atomic E-state index is 9.40. The Bertz CT molecular complexity index is 893. The van der Waals surface area contributed by atoms with Gasteiger partial charge in [0, 0.05) is 21.9 Å². The Morgan fingerprint density at radius 1 is 1.23 bits per heavy atom. The molecule has 0 saturated heterocycles. The van der Waals surface area contributed by atoms with Gasteiger partial charge in [0.25, 0.3) is 0 Å². The third-order valence-electron chi connectivity index (χ3n) is 3.92. The van der Waals surface area contributed by atoms with E-state index in [-0.39, 0.29) is 0 Å². The van der Waals surface area contributed by atoms with Crippen molar-refractivity contribution in [2.75, 3.05) is 0 Å². The van der Waals surface area contributed by atoms with Crippen LogP contribution in [-0.4, -0.2) is 9.38 Å². The summed E-state index contributed by atoms with van der Waals surface area (Å²) in [6.45, 7) is 6.27. The summed E-state index contributed by atoms with van der Waals surface area (Å²) in [5.74, 6) is 0. The molecule has 0 aliphatic carbocycles. The Morgan fingerprint density at radius 3 is 2.50 bits per heavy atom. The molecule has 0 amide bonds. The quantitative estimate of drug-likeness (QED) is 0.662. The number of fused-ring (bicyclic) bond motifs is 1. The number of aryl methyl sites for hydroxylation is 3. The maximum atomic E-state index is 9.40. The van der Waals surface area contributed by atoms with Crippen LogP contribution in [0.2, 0.25) is 0 Å². The molecule has 0 spiro atoms. The van der Waals surface area contributed by atoms with Crippen molar-refractivity contribution in [3.05, 3.63) is 57.4 Å². The van der Waals surface area contributed by atoms with Crippen molar-refractivity contribution in [2.45, 2.75) is 27.2 Å². The van der Waals surface area contributed by atoms with Crippen LogP contribution >= 0.6 is 15.9 Å². The molecule has 0 saturated carbocycles. The Balaban J connectivity index is 2.39. The molecule has 0 radical (unpaired) electrons. The Labute approximate surface area is 138 Å². The highest BCUT2D eigenvalue weighted by atomic mass is 79.9. The summed E-state index contributed by atoms with van der Waals surface area (Å²) in [4.78, 5) is 4.74. The molecule has 0 aliphatic heterocycles. The molecule has 0 fully saturated rings. The molecule has 22 heavy (non-hydrogen) atoms. The molecule has 3 rings (SSSR count). The van der Waals surface area contributed by atoms with E-state index in [0.29, 0.717) is 5.69 Å². The maximum Gasteiger partial charge on any atom is 0.145 e. The number of nitrogens with zero attached hydrogens (tertiary/aromatic N) is 3. The van der Waals surface area contributed by atoms with Gasteiger partial charge >= 0.3 is 0 Å². The van der Waals surface area contributed by atoms with Gasteiger partial charge in [-0.25, -0.2) is 4.98 Å². The smallest absolute Gasteiger partial charge is 0.145 e. The molecule has 1 aromatic carbocycles. The number of rotatable bonds is 2. The van der Waals surface area contributed by atoms with Gasteiger partial charge in [0.1, 0.15) is 17.4 Å². The molecule has 0 aliphatic rings. The zero-order chi connectivity index (χ0) is 15.9. The van der Waals surface area contributed by atoms with Crippen molar-refractivity contribution in [1.29, 1.82) is 5.26 Å². The highest BCUT2D eigenvalue weighted by Crippen LogP contribution is 2.34. The molecular weight excluding hydrogens is 338 g/mol. The highest BCUT2D eigenvalue weighted by molar-refractivity contribution is 9.10. The van der Waals surface area contributed by atoms with Gasteiger partial charge in [-0.05, 0) is 61.2 Å². The first-order chi connectivity index (χ1) is 10.5. The van der Waals surface area contributed by atoms with E-state index in [1.54, 1.807) is 0 Å². The lowest BCUT2D eigenvalue weighted by atomic mass is 9.97. The predicted molar refractivity (Wildman–Crippen MR) is 91.9 cm³/mol. The molecule has 0 bridgehead atoms. The van der Waals surface area contributed by atoms with Crippen LogP contribution in [0.3, 0.4) is 0 Å². The second-order valence-corrected chi connectivity index (χ2v) is 6.35. The van der Waals surface area contributed by atoms with E-state index in [1.807, 2.05) is 22.7 Å². The summed E-state index contributed by atoms with van der Waals surface area (Å²) in [7, 11) is 0. The van der Waals surface area contributed by atoms with E-state index in [4.69, 9.17) is 4.98 Å². The zero-order valence-corrected chi connectivity index (χ0v) is 14.4. The van der Waals surface area contributed by atoms with Gasteiger partial charge in [0.05, 0.1) is 0 Å². The molecule has 0 atom stereocenters. The van der Waals surface area contributed by atoms with E-state index in [1.165, 1.54) is 11.1 Å². The van der Waals surface area contributed by atoms with Crippen LogP contribution in [0.5, 0.6) is 0 Å². The standard InChI is InChI=1S/C18H16BrN3/c1-4-14-5-6-22-15(10-20)9-16(18(22)21-14)17-11(2)7-13(19)8-12(17)3/h5-9H,4H2,1-3H3. The first-order valence-corrected chi connectivity index (χ1v) is 8.02. The lowest BCUT2D eigenvalue weighted by molar-refractivity contribution is 0.999. The molecular formula is C18H16BrN3. The van der Waals surface area contributed by atoms with Gasteiger partial charge < -0.3 is 0 Å². The second-order valence-electron chi connectivity index (χ2n) is 5.44. The number of hydrogen-bond donors (Lipinski definition) is 0. The number of benzene rings is 1. The predicted octanol–water partition coefficient (Wildman–Crippen LogP) is 4.81. The van der Waals surface area contributed by atoms with E-state index in [9.17, 15) is 5.26 Å². The molecule has 4 heteroatoms. The van der Waals surface area contributed by atoms with Gasteiger partial charge in [0.15, 0.2) is 0 Å². The third kappa shape index (κ3) is 2.32. The SMILES string of the molecule is CCc1ccn2c(C#N)cc(-c3c(C)cc(Br)cc3C)c2n1. The van der Waals surface area contributed by atoms with Crippen LogP contribution in [0.4, 0.5) is 0 Å². The van der Waals surface area contributed by atoms with Crippen LogP contribution in [0.25, 0.3) is 16.8 Å². The van der Waals surface area contributed by atoms with Crippen LogP contribution < -0.4 is 0 Å². The van der Waals surface area contributed by atoms with E-state index >= 15 is 0 Å². The second kappa shape index (κ2) is 5.58. The van der Waals surface area contributed by atoms with E-state index in [2.05, 4.69) is 54.9 Å². The number of halogens is 1. The lowest BCUT2D eigenvalue weighted by Gasteiger charge is -2.10. The largest absolute Gasteiger partial charge is 0.292 e. The molecule has 0 unspecified atom stereocenters.